The van der Waals surface area contributed by atoms with Gasteiger partial charge in [-0.1, -0.05) is 72.8 Å². The average Bonchev–Trinajstić information content (AvgIpc) is 2.83. The molecule has 0 unspecified atom stereocenters. The number of hydrogen-bond acceptors (Lipinski definition) is 1. The van der Waals surface area contributed by atoms with Crippen molar-refractivity contribution in [1.82, 2.24) is 4.90 Å². The predicted octanol–water partition coefficient (Wildman–Crippen LogP) is 6.95. The van der Waals surface area contributed by atoms with Gasteiger partial charge < -0.3 is 0 Å². The summed E-state index contributed by atoms with van der Waals surface area (Å²) in [5.74, 6) is 0. The van der Waals surface area contributed by atoms with Crippen LogP contribution in [0.4, 0.5) is 0 Å². The van der Waals surface area contributed by atoms with Crippen molar-refractivity contribution in [2.24, 2.45) is 0 Å². The molecule has 0 bridgehead atoms. The van der Waals surface area contributed by atoms with Gasteiger partial charge >= 0.3 is 0 Å². The molecule has 0 spiro atoms. The van der Waals surface area contributed by atoms with Gasteiger partial charge in [-0.3, -0.25) is 4.90 Å². The van der Waals surface area contributed by atoms with Crippen molar-refractivity contribution in [2.75, 3.05) is 0 Å². The van der Waals surface area contributed by atoms with E-state index in [0.717, 1.165) is 6.54 Å². The van der Waals surface area contributed by atoms with E-state index in [1.807, 2.05) is 0 Å². The largest absolute Gasteiger partial charge is 0.290 e. The Bertz CT molecular complexity index is 1160. The van der Waals surface area contributed by atoms with Crippen LogP contribution in [0.25, 0.3) is 32.7 Å². The molecule has 0 fully saturated rings. The van der Waals surface area contributed by atoms with Gasteiger partial charge in [0.1, 0.15) is 0 Å². The predicted molar refractivity (Wildman–Crippen MR) is 116 cm³/mol. The van der Waals surface area contributed by atoms with E-state index < -0.39 is 0 Å². The molecule has 27 heavy (non-hydrogen) atoms. The molecule has 0 aromatic heterocycles. The molecular weight excluding hydrogens is 326 g/mol. The number of benzene rings is 4. The minimum Gasteiger partial charge on any atom is -0.290 e. The highest BCUT2D eigenvalue weighted by Gasteiger charge is 2.29. The summed E-state index contributed by atoms with van der Waals surface area (Å²) in [5, 5.41) is 5.37. The number of fused-ring (bicyclic) bond motifs is 7. The van der Waals surface area contributed by atoms with Crippen molar-refractivity contribution in [1.29, 1.82) is 0 Å². The maximum Gasteiger partial charge on any atom is 0.0332 e. The summed E-state index contributed by atoms with van der Waals surface area (Å²) in [4.78, 5) is 2.62. The number of hydrogen-bond donors (Lipinski definition) is 0. The lowest BCUT2D eigenvalue weighted by molar-refractivity contribution is 0.158. The number of nitrogens with zero attached hydrogens (tertiary/aromatic N) is 1. The van der Waals surface area contributed by atoms with Crippen LogP contribution in [0.2, 0.25) is 0 Å². The summed E-state index contributed by atoms with van der Waals surface area (Å²) >= 11 is 0. The fraction of sp³-hybridized carbons (Fsp3) is 0.231. The SMILES string of the molecule is CC(C)N1Cc2ccc3ccccc3c2-c2c(ccc3ccccc23)[C@H]1C. The highest BCUT2D eigenvalue weighted by Crippen LogP contribution is 2.45. The third kappa shape index (κ3) is 2.49. The molecule has 134 valence electrons. The van der Waals surface area contributed by atoms with Crippen LogP contribution in [0, 0.1) is 0 Å². The Morgan fingerprint density at radius 3 is 2.00 bits per heavy atom. The zero-order chi connectivity index (χ0) is 18.5. The summed E-state index contributed by atoms with van der Waals surface area (Å²) in [6.45, 7) is 7.97. The van der Waals surface area contributed by atoms with Crippen molar-refractivity contribution in [2.45, 2.75) is 39.4 Å². The van der Waals surface area contributed by atoms with Gasteiger partial charge in [0.05, 0.1) is 0 Å². The van der Waals surface area contributed by atoms with E-state index in [1.165, 1.54) is 43.8 Å². The van der Waals surface area contributed by atoms with E-state index in [4.69, 9.17) is 0 Å². The summed E-state index contributed by atoms with van der Waals surface area (Å²) in [6, 6.07) is 27.8. The van der Waals surface area contributed by atoms with E-state index in [2.05, 4.69) is 98.5 Å². The minimum absolute atomic E-state index is 0.385. The van der Waals surface area contributed by atoms with Crippen LogP contribution in [-0.2, 0) is 6.54 Å². The first-order valence-electron chi connectivity index (χ1n) is 9.93. The Balaban J connectivity index is 1.97. The molecule has 1 nitrogen and oxygen atoms in total. The molecule has 0 aliphatic carbocycles. The lowest BCUT2D eigenvalue weighted by atomic mass is 9.86. The van der Waals surface area contributed by atoms with E-state index in [9.17, 15) is 0 Å². The lowest BCUT2D eigenvalue weighted by Crippen LogP contribution is -2.32. The molecule has 0 saturated heterocycles. The van der Waals surface area contributed by atoms with Crippen LogP contribution in [-0.4, -0.2) is 10.9 Å². The maximum atomic E-state index is 2.62. The quantitative estimate of drug-likeness (QED) is 0.359. The van der Waals surface area contributed by atoms with Crippen LogP contribution in [0.3, 0.4) is 0 Å². The van der Waals surface area contributed by atoms with E-state index >= 15 is 0 Å². The molecule has 1 aliphatic heterocycles. The van der Waals surface area contributed by atoms with Gasteiger partial charge in [0.15, 0.2) is 0 Å². The summed E-state index contributed by atoms with van der Waals surface area (Å²) in [5.41, 5.74) is 5.73. The molecule has 1 atom stereocenters. The lowest BCUT2D eigenvalue weighted by Gasteiger charge is -2.32. The fourth-order valence-electron chi connectivity index (χ4n) is 4.80. The van der Waals surface area contributed by atoms with E-state index in [1.54, 1.807) is 0 Å². The highest BCUT2D eigenvalue weighted by molar-refractivity contribution is 6.08. The first kappa shape index (κ1) is 16.5. The second-order valence-corrected chi connectivity index (χ2v) is 8.01. The van der Waals surface area contributed by atoms with Crippen LogP contribution >= 0.6 is 0 Å². The van der Waals surface area contributed by atoms with E-state index in [0.29, 0.717) is 12.1 Å². The molecule has 1 aliphatic rings. The molecule has 0 N–H and O–H groups in total. The van der Waals surface area contributed by atoms with Gasteiger partial charge in [-0.05, 0) is 64.6 Å². The van der Waals surface area contributed by atoms with Gasteiger partial charge in [0.2, 0.25) is 0 Å². The molecule has 1 heterocycles. The number of rotatable bonds is 1. The first-order chi connectivity index (χ1) is 13.1. The summed E-state index contributed by atoms with van der Waals surface area (Å²) in [7, 11) is 0. The highest BCUT2D eigenvalue weighted by atomic mass is 15.2. The third-order valence-electron chi connectivity index (χ3n) is 6.19. The Kier molecular flexibility index (Phi) is 3.80. The Morgan fingerprint density at radius 2 is 1.33 bits per heavy atom. The molecule has 1 heteroatoms. The summed E-state index contributed by atoms with van der Waals surface area (Å²) in [6.07, 6.45) is 0. The Labute approximate surface area is 161 Å². The van der Waals surface area contributed by atoms with Crippen LogP contribution in [0.15, 0.2) is 72.8 Å². The average molecular weight is 351 g/mol. The van der Waals surface area contributed by atoms with Crippen molar-refractivity contribution >= 4 is 21.5 Å². The molecular formula is C26H25N. The van der Waals surface area contributed by atoms with Gasteiger partial charge in [0, 0.05) is 18.6 Å². The monoisotopic (exact) mass is 351 g/mol. The molecule has 4 aromatic rings. The molecule has 4 aromatic carbocycles. The zero-order valence-electron chi connectivity index (χ0n) is 16.2. The van der Waals surface area contributed by atoms with Crippen molar-refractivity contribution in [3.63, 3.8) is 0 Å². The Hall–Kier alpha value is -2.64. The Morgan fingerprint density at radius 1 is 0.741 bits per heavy atom. The second kappa shape index (κ2) is 6.21. The maximum absolute atomic E-state index is 2.62. The van der Waals surface area contributed by atoms with Crippen molar-refractivity contribution in [3.8, 4) is 11.1 Å². The topological polar surface area (TPSA) is 3.24 Å². The van der Waals surface area contributed by atoms with Crippen LogP contribution in [0.1, 0.15) is 37.9 Å². The molecule has 0 radical (unpaired) electrons. The zero-order valence-corrected chi connectivity index (χ0v) is 16.2. The second-order valence-electron chi connectivity index (χ2n) is 8.01. The standard InChI is InChI=1S/C26H25N/c1-17(2)27-16-21-13-12-19-8-4-6-10-23(19)25(21)26-22(18(27)3)15-14-20-9-5-7-11-24(20)26/h4-15,17-18H,16H2,1-3H3/t18-/m1/s1. The molecule has 0 saturated carbocycles. The first-order valence-corrected chi connectivity index (χ1v) is 9.93. The normalized spacial score (nSPS) is 17.1. The molecule has 5 rings (SSSR count). The van der Waals surface area contributed by atoms with Crippen molar-refractivity contribution in [3.05, 3.63) is 83.9 Å². The minimum atomic E-state index is 0.385. The van der Waals surface area contributed by atoms with Gasteiger partial charge in [0.25, 0.3) is 0 Å². The van der Waals surface area contributed by atoms with Crippen molar-refractivity contribution < 1.29 is 0 Å². The molecule has 0 amide bonds. The fourth-order valence-corrected chi connectivity index (χ4v) is 4.80. The van der Waals surface area contributed by atoms with Gasteiger partial charge in [-0.15, -0.1) is 0 Å². The smallest absolute Gasteiger partial charge is 0.0332 e. The van der Waals surface area contributed by atoms with Crippen LogP contribution < -0.4 is 0 Å². The van der Waals surface area contributed by atoms with E-state index in [-0.39, 0.29) is 0 Å². The summed E-state index contributed by atoms with van der Waals surface area (Å²) < 4.78 is 0. The van der Waals surface area contributed by atoms with Gasteiger partial charge in [-0.25, -0.2) is 0 Å². The van der Waals surface area contributed by atoms with Gasteiger partial charge in [-0.2, -0.15) is 0 Å². The van der Waals surface area contributed by atoms with Crippen LogP contribution in [0.5, 0.6) is 0 Å². The third-order valence-corrected chi connectivity index (χ3v) is 6.19.